The normalized spacial score (nSPS) is 21.2. The molecule has 0 bridgehead atoms. The predicted octanol–water partition coefficient (Wildman–Crippen LogP) is 2.51. The number of sulfone groups is 1. The van der Waals surface area contributed by atoms with Crippen molar-refractivity contribution in [1.29, 1.82) is 0 Å². The lowest BCUT2D eigenvalue weighted by atomic mass is 10.9. The summed E-state index contributed by atoms with van der Waals surface area (Å²) in [6.45, 7) is 0. The third-order valence-corrected chi connectivity index (χ3v) is 5.92. The van der Waals surface area contributed by atoms with Crippen molar-refractivity contribution in [1.82, 2.24) is 4.31 Å². The van der Waals surface area contributed by atoms with E-state index in [-0.39, 0.29) is 16.5 Å². The van der Waals surface area contributed by atoms with Gasteiger partial charge in [-0.05, 0) is 0 Å². The van der Waals surface area contributed by atoms with E-state index in [2.05, 4.69) is 9.99 Å². The van der Waals surface area contributed by atoms with Crippen molar-refractivity contribution in [3.63, 3.8) is 0 Å². The summed E-state index contributed by atoms with van der Waals surface area (Å²) in [5.74, 6) is 0.247. The molecule has 1 aliphatic heterocycles. The fraction of sp³-hybridized carbons (Fsp3) is 0.714. The summed E-state index contributed by atoms with van der Waals surface area (Å²) in [4.78, 5) is 16.0. The third-order valence-electron chi connectivity index (χ3n) is 1.73. The maximum atomic E-state index is 11.5. The largest absolute Gasteiger partial charge is 0.445 e. The first-order valence-corrected chi connectivity index (χ1v) is 9.41. The van der Waals surface area contributed by atoms with E-state index >= 15 is 0 Å². The zero-order chi connectivity index (χ0) is 14.7. The van der Waals surface area contributed by atoms with Crippen LogP contribution in [0.4, 0.5) is 4.79 Å². The van der Waals surface area contributed by atoms with Crippen LogP contribution in [-0.2, 0) is 14.7 Å². The molecule has 1 rings (SSSR count). The second-order valence-electron chi connectivity index (χ2n) is 3.32. The minimum absolute atomic E-state index is 0.0909. The summed E-state index contributed by atoms with van der Waals surface area (Å²) in [6.07, 6.45) is -0.868. The molecule has 0 saturated carbocycles. The molecule has 0 aromatic carbocycles. The lowest BCUT2D eigenvalue weighted by Crippen LogP contribution is -2.26. The topological polar surface area (TPSA) is 76.0 Å². The Morgan fingerprint density at radius 3 is 2.68 bits per heavy atom. The van der Waals surface area contributed by atoms with Gasteiger partial charge in [-0.25, -0.2) is 17.5 Å². The molecular formula is C7H9Cl3N2O4S3. The first-order chi connectivity index (χ1) is 8.59. The van der Waals surface area contributed by atoms with Crippen LogP contribution in [0, 0.1) is 0 Å². The molecular weight excluding hydrogens is 379 g/mol. The fourth-order valence-corrected chi connectivity index (χ4v) is 5.45. The highest BCUT2D eigenvalue weighted by atomic mass is 35.6. The predicted molar refractivity (Wildman–Crippen MR) is 80.7 cm³/mol. The van der Waals surface area contributed by atoms with Gasteiger partial charge in [0, 0.05) is 24.7 Å². The van der Waals surface area contributed by atoms with Gasteiger partial charge < -0.3 is 0 Å². The van der Waals surface area contributed by atoms with E-state index in [1.807, 2.05) is 0 Å². The smallest absolute Gasteiger partial charge is 0.296 e. The summed E-state index contributed by atoms with van der Waals surface area (Å²) >= 11 is 18.3. The maximum absolute atomic E-state index is 11.5. The molecule has 110 valence electrons. The zero-order valence-electron chi connectivity index (χ0n) is 9.51. The van der Waals surface area contributed by atoms with Gasteiger partial charge in [-0.15, -0.1) is 11.8 Å². The third kappa shape index (κ3) is 7.14. The van der Waals surface area contributed by atoms with Crippen LogP contribution in [-0.4, -0.2) is 51.3 Å². The first-order valence-electron chi connectivity index (χ1n) is 4.70. The van der Waals surface area contributed by atoms with Crippen molar-refractivity contribution in [2.75, 3.05) is 24.3 Å². The molecule has 0 atom stereocenters. The Labute approximate surface area is 134 Å². The van der Waals surface area contributed by atoms with Gasteiger partial charge in [0.2, 0.25) is 0 Å². The molecule has 0 radical (unpaired) electrons. The van der Waals surface area contributed by atoms with Crippen LogP contribution in [0.25, 0.3) is 0 Å². The number of oxime groups is 1. The quantitative estimate of drug-likeness (QED) is 0.314. The van der Waals surface area contributed by atoms with Crippen LogP contribution in [0.15, 0.2) is 5.16 Å². The molecule has 1 aliphatic rings. The van der Waals surface area contributed by atoms with Crippen LogP contribution in [0.1, 0.15) is 0 Å². The van der Waals surface area contributed by atoms with Gasteiger partial charge in [-0.2, -0.15) is 0 Å². The summed E-state index contributed by atoms with van der Waals surface area (Å²) < 4.78 is 21.9. The molecule has 0 N–H and O–H groups in total. The molecule has 6 nitrogen and oxygen atoms in total. The van der Waals surface area contributed by atoms with Gasteiger partial charge in [0.05, 0.1) is 5.75 Å². The van der Waals surface area contributed by atoms with E-state index in [4.69, 9.17) is 34.8 Å². The molecule has 0 unspecified atom stereocenters. The minimum Gasteiger partial charge on any atom is -0.296 e. The van der Waals surface area contributed by atoms with Crippen LogP contribution in [0.5, 0.6) is 0 Å². The molecule has 0 aromatic rings. The Kier molecular flexibility index (Phi) is 6.40. The van der Waals surface area contributed by atoms with Crippen LogP contribution >= 0.6 is 58.5 Å². The monoisotopic (exact) mass is 386 g/mol. The Morgan fingerprint density at radius 1 is 1.53 bits per heavy atom. The van der Waals surface area contributed by atoms with Gasteiger partial charge in [-0.1, -0.05) is 40.0 Å². The number of halogens is 3. The Balaban J connectivity index is 2.54. The number of amides is 1. The van der Waals surface area contributed by atoms with Crippen molar-refractivity contribution in [2.24, 2.45) is 5.16 Å². The number of hydrogen-bond acceptors (Lipinski definition) is 7. The molecule has 1 heterocycles. The summed E-state index contributed by atoms with van der Waals surface area (Å²) in [5, 5.41) is 3.73. The number of thioether (sulfide) groups is 1. The number of alkyl halides is 3. The van der Waals surface area contributed by atoms with Crippen molar-refractivity contribution >= 4 is 79.5 Å². The van der Waals surface area contributed by atoms with Gasteiger partial charge >= 0.3 is 6.09 Å². The average molecular weight is 388 g/mol. The van der Waals surface area contributed by atoms with Crippen molar-refractivity contribution < 1.29 is 18.0 Å². The molecule has 12 heteroatoms. The van der Waals surface area contributed by atoms with E-state index < -0.39 is 19.1 Å². The van der Waals surface area contributed by atoms with Crippen LogP contribution < -0.4 is 0 Å². The summed E-state index contributed by atoms with van der Waals surface area (Å²) in [5.41, 5.74) is 0. The molecule has 0 aromatic heterocycles. The van der Waals surface area contributed by atoms with Crippen LogP contribution in [0.3, 0.4) is 0 Å². The lowest BCUT2D eigenvalue weighted by molar-refractivity contribution is 0.137. The van der Waals surface area contributed by atoms with Gasteiger partial charge in [0.1, 0.15) is 10.8 Å². The molecule has 0 aliphatic carbocycles. The minimum atomic E-state index is -3.15. The van der Waals surface area contributed by atoms with E-state index in [1.54, 1.807) is 0 Å². The Morgan fingerprint density at radius 2 is 2.16 bits per heavy atom. The highest BCUT2D eigenvalue weighted by molar-refractivity contribution is 8.17. The number of hydrogen-bond donors (Lipinski definition) is 0. The summed E-state index contributed by atoms with van der Waals surface area (Å²) in [7, 11) is -1.82. The second-order valence-corrected chi connectivity index (χ2v) is 11.0. The van der Waals surface area contributed by atoms with Crippen molar-refractivity contribution in [3.8, 4) is 0 Å². The van der Waals surface area contributed by atoms with Gasteiger partial charge in [0.25, 0.3) is 3.12 Å². The number of carbonyl (C=O) groups excluding carboxylic acids is 1. The number of nitrogens with zero attached hydrogens (tertiary/aromatic N) is 2. The SMILES string of the molecule is CN(SC(Cl)(Cl)Cl)C(=O)ON=C1CS(=O)(=O)CCS1. The number of carbonyl (C=O) groups is 1. The number of rotatable bonds is 2. The Bertz CT molecular complexity index is 476. The Hall–Kier alpha value is 0.460. The average Bonchev–Trinajstić information content (AvgIpc) is 2.22. The lowest BCUT2D eigenvalue weighted by Gasteiger charge is -2.18. The van der Waals surface area contributed by atoms with Gasteiger partial charge in [0.15, 0.2) is 9.84 Å². The molecule has 1 amide bonds. The van der Waals surface area contributed by atoms with Gasteiger partial charge in [-0.3, -0.25) is 4.84 Å². The molecule has 0 spiro atoms. The second kappa shape index (κ2) is 6.95. The van der Waals surface area contributed by atoms with E-state index in [0.717, 1.165) is 4.31 Å². The van der Waals surface area contributed by atoms with E-state index in [1.165, 1.54) is 18.8 Å². The highest BCUT2D eigenvalue weighted by Crippen LogP contribution is 2.40. The summed E-state index contributed by atoms with van der Waals surface area (Å²) in [6, 6.07) is 0. The van der Waals surface area contributed by atoms with Crippen molar-refractivity contribution in [3.05, 3.63) is 0 Å². The molecule has 1 fully saturated rings. The fourth-order valence-electron chi connectivity index (χ4n) is 0.981. The van der Waals surface area contributed by atoms with Crippen LogP contribution in [0.2, 0.25) is 0 Å². The zero-order valence-corrected chi connectivity index (χ0v) is 14.2. The van der Waals surface area contributed by atoms with E-state index in [9.17, 15) is 13.2 Å². The molecule has 19 heavy (non-hydrogen) atoms. The standard InChI is InChI=1S/C7H9Cl3N2O4S3/c1-12(18-7(8,9)10)6(13)16-11-5-4-19(14,15)3-2-17-5/h2-4H2,1H3. The molecule has 1 saturated heterocycles. The highest BCUT2D eigenvalue weighted by Gasteiger charge is 2.28. The van der Waals surface area contributed by atoms with Crippen molar-refractivity contribution in [2.45, 2.75) is 3.12 Å². The first kappa shape index (κ1) is 17.5. The van der Waals surface area contributed by atoms with E-state index in [0.29, 0.717) is 17.7 Å². The maximum Gasteiger partial charge on any atom is 0.445 e.